The average molecular weight is 477 g/mol. The van der Waals surface area contributed by atoms with E-state index >= 15 is 0 Å². The fourth-order valence-electron chi connectivity index (χ4n) is 3.64. The Morgan fingerprint density at radius 3 is 1.76 bits per heavy atom. The number of hydrogen-bond acceptors (Lipinski definition) is 5. The zero-order valence-electron chi connectivity index (χ0n) is 19.7. The summed E-state index contributed by atoms with van der Waals surface area (Å²) in [7, 11) is 2.65. The van der Waals surface area contributed by atoms with Crippen molar-refractivity contribution in [2.24, 2.45) is 7.05 Å². The van der Waals surface area contributed by atoms with E-state index in [2.05, 4.69) is 132 Å². The van der Waals surface area contributed by atoms with E-state index in [0.29, 0.717) is 0 Å². The van der Waals surface area contributed by atoms with Gasteiger partial charge in [0.15, 0.2) is 0 Å². The van der Waals surface area contributed by atoms with E-state index in [-0.39, 0.29) is 0 Å². The van der Waals surface area contributed by atoms with Crippen molar-refractivity contribution in [3.05, 3.63) is 96.1 Å². The molecule has 176 valence electrons. The second-order valence-electron chi connectivity index (χ2n) is 7.79. The first kappa shape index (κ1) is 25.1. The smallest absolute Gasteiger partial charge is 0.217 e. The normalized spacial score (nSPS) is 11.8. The highest BCUT2D eigenvalue weighted by Crippen LogP contribution is 2.25. The third kappa shape index (κ3) is 6.29. The summed E-state index contributed by atoms with van der Waals surface area (Å²) in [5, 5.41) is 2.53. The molecule has 0 saturated carbocycles. The maximum atomic E-state index is 9.22. The van der Waals surface area contributed by atoms with Gasteiger partial charge in [-0.1, -0.05) is 60.7 Å². The molecule has 4 aromatic rings. The Labute approximate surface area is 201 Å². The molecular weight excluding hydrogens is 448 g/mol. The van der Waals surface area contributed by atoms with Crippen molar-refractivity contribution in [2.45, 2.75) is 0 Å². The molecule has 0 bridgehead atoms. The number of benzene rings is 3. The summed E-state index contributed by atoms with van der Waals surface area (Å²) in [6.07, 6.45) is 8.61. The minimum atomic E-state index is -4.41. The fraction of sp³-hybridized carbons (Fsp3) is 0.148. The number of pyridine rings is 1. The van der Waals surface area contributed by atoms with Crippen LogP contribution in [0.1, 0.15) is 11.1 Å². The highest BCUT2D eigenvalue weighted by Gasteiger charge is 2.14. The summed E-state index contributed by atoms with van der Waals surface area (Å²) < 4.78 is 33.3. The molecule has 0 saturated heterocycles. The summed E-state index contributed by atoms with van der Waals surface area (Å²) in [6, 6.07) is 25.7. The van der Waals surface area contributed by atoms with E-state index in [4.69, 9.17) is 0 Å². The molecule has 0 aliphatic heterocycles. The monoisotopic (exact) mass is 476 g/mol. The number of aryl methyl sites for hydroxylation is 1. The molecule has 0 aliphatic rings. The van der Waals surface area contributed by atoms with Crippen molar-refractivity contribution >= 4 is 50.0 Å². The predicted octanol–water partition coefficient (Wildman–Crippen LogP) is 4.70. The van der Waals surface area contributed by atoms with Gasteiger partial charge < -0.3 is 9.45 Å². The molecular formula is C27H28N2O4S. The second-order valence-corrected chi connectivity index (χ2v) is 8.94. The minimum absolute atomic E-state index is 0.808. The lowest BCUT2D eigenvalue weighted by Crippen LogP contribution is -2.30. The number of fused-ring (bicyclic) bond motifs is 2. The van der Waals surface area contributed by atoms with Gasteiger partial charge in [-0.25, -0.2) is 8.42 Å². The van der Waals surface area contributed by atoms with Crippen LogP contribution in [0.25, 0.3) is 34.0 Å². The maximum absolute atomic E-state index is 9.22. The largest absolute Gasteiger partial charge is 0.726 e. The van der Waals surface area contributed by atoms with Crippen LogP contribution in [0.3, 0.4) is 0 Å². The third-order valence-electron chi connectivity index (χ3n) is 5.39. The van der Waals surface area contributed by atoms with Gasteiger partial charge in [-0.15, -0.1) is 0 Å². The molecule has 1 aromatic heterocycles. The summed E-state index contributed by atoms with van der Waals surface area (Å²) in [6.45, 7) is 0. The maximum Gasteiger partial charge on any atom is 0.217 e. The van der Waals surface area contributed by atoms with Crippen LogP contribution in [0, 0.1) is 0 Å². The van der Waals surface area contributed by atoms with E-state index in [1.165, 1.54) is 38.6 Å². The third-order valence-corrected chi connectivity index (χ3v) is 5.80. The minimum Gasteiger partial charge on any atom is -0.726 e. The average Bonchev–Trinajstić information content (AvgIpc) is 2.84. The van der Waals surface area contributed by atoms with Gasteiger partial charge in [-0.3, -0.25) is 4.18 Å². The molecule has 34 heavy (non-hydrogen) atoms. The summed E-state index contributed by atoms with van der Waals surface area (Å²) >= 11 is 0. The van der Waals surface area contributed by atoms with E-state index in [1.54, 1.807) is 0 Å². The van der Waals surface area contributed by atoms with Gasteiger partial charge in [0.1, 0.15) is 7.05 Å². The van der Waals surface area contributed by atoms with E-state index in [0.717, 1.165) is 7.11 Å². The van der Waals surface area contributed by atoms with Crippen molar-refractivity contribution < 1.29 is 21.7 Å². The number of anilines is 1. The molecule has 0 amide bonds. The summed E-state index contributed by atoms with van der Waals surface area (Å²) in [5.41, 5.74) is 6.15. The van der Waals surface area contributed by atoms with Crippen molar-refractivity contribution in [3.63, 3.8) is 0 Å². The van der Waals surface area contributed by atoms with Crippen LogP contribution in [0.4, 0.5) is 5.69 Å². The Morgan fingerprint density at radius 2 is 1.29 bits per heavy atom. The Balaban J connectivity index is 0.000000481. The van der Waals surface area contributed by atoms with Gasteiger partial charge in [0.05, 0.1) is 17.9 Å². The first-order chi connectivity index (χ1) is 16.2. The fourth-order valence-corrected chi connectivity index (χ4v) is 3.64. The van der Waals surface area contributed by atoms with E-state index in [9.17, 15) is 13.0 Å². The predicted molar refractivity (Wildman–Crippen MR) is 138 cm³/mol. The number of hydrogen-bond donors (Lipinski definition) is 0. The highest BCUT2D eigenvalue weighted by molar-refractivity contribution is 7.80. The van der Waals surface area contributed by atoms with Crippen LogP contribution >= 0.6 is 0 Å². The topological polar surface area (TPSA) is 73.5 Å². The number of para-hydroxylation sites is 2. The summed E-state index contributed by atoms with van der Waals surface area (Å²) in [4.78, 5) is 2.11. The lowest BCUT2D eigenvalue weighted by Gasteiger charge is -2.11. The van der Waals surface area contributed by atoms with Crippen LogP contribution in [-0.4, -0.2) is 34.2 Å². The SMILES string of the molecule is CN(C)c1ccc(C=CC=Cc2c3ccccc3[n+](C)c3ccccc23)cc1.COS(=O)(=O)[O-]. The summed E-state index contributed by atoms with van der Waals surface area (Å²) in [5.74, 6) is 0. The molecule has 4 rings (SSSR count). The van der Waals surface area contributed by atoms with Crippen LogP contribution in [0.5, 0.6) is 0 Å². The first-order valence-electron chi connectivity index (χ1n) is 10.6. The van der Waals surface area contributed by atoms with Crippen LogP contribution in [0.2, 0.25) is 0 Å². The number of allylic oxidation sites excluding steroid dienone is 2. The Kier molecular flexibility index (Phi) is 8.17. The van der Waals surface area contributed by atoms with Gasteiger partial charge in [0.25, 0.3) is 0 Å². The van der Waals surface area contributed by atoms with Gasteiger partial charge in [-0.2, -0.15) is 4.57 Å². The van der Waals surface area contributed by atoms with E-state index in [1.807, 2.05) is 0 Å². The zero-order chi connectivity index (χ0) is 24.7. The number of nitrogens with zero attached hydrogens (tertiary/aromatic N) is 2. The molecule has 0 unspecified atom stereocenters. The van der Waals surface area contributed by atoms with Crippen molar-refractivity contribution in [2.75, 3.05) is 26.1 Å². The zero-order valence-corrected chi connectivity index (χ0v) is 20.5. The quantitative estimate of drug-likeness (QED) is 0.137. The lowest BCUT2D eigenvalue weighted by molar-refractivity contribution is -0.617. The van der Waals surface area contributed by atoms with Gasteiger partial charge in [0.2, 0.25) is 21.4 Å². The highest BCUT2D eigenvalue weighted by atomic mass is 32.3. The molecule has 0 spiro atoms. The molecule has 1 heterocycles. The Morgan fingerprint density at radius 1 is 0.824 bits per heavy atom. The molecule has 7 heteroatoms. The number of aromatic nitrogens is 1. The lowest BCUT2D eigenvalue weighted by atomic mass is 10.0. The van der Waals surface area contributed by atoms with E-state index < -0.39 is 10.4 Å². The molecule has 6 nitrogen and oxygen atoms in total. The molecule has 0 fully saturated rings. The second kappa shape index (κ2) is 11.1. The van der Waals surface area contributed by atoms with Gasteiger partial charge >= 0.3 is 0 Å². The van der Waals surface area contributed by atoms with Crippen LogP contribution in [-0.2, 0) is 21.6 Å². The Hall–Kier alpha value is -3.52. The first-order valence-corrected chi connectivity index (χ1v) is 12.0. The van der Waals surface area contributed by atoms with Crippen LogP contribution in [0.15, 0.2) is 84.9 Å². The van der Waals surface area contributed by atoms with Gasteiger partial charge in [0, 0.05) is 37.5 Å². The molecule has 0 atom stereocenters. The van der Waals surface area contributed by atoms with Crippen LogP contribution < -0.4 is 9.47 Å². The van der Waals surface area contributed by atoms with Crippen molar-refractivity contribution in [1.29, 1.82) is 0 Å². The van der Waals surface area contributed by atoms with Crippen molar-refractivity contribution in [3.8, 4) is 0 Å². The molecule has 0 N–H and O–H groups in total. The number of rotatable bonds is 5. The molecule has 0 aliphatic carbocycles. The Bertz CT molecular complexity index is 1380. The molecule has 0 radical (unpaired) electrons. The van der Waals surface area contributed by atoms with Crippen molar-refractivity contribution in [1.82, 2.24) is 0 Å². The standard InChI is InChI=1S/C26H25N2.CH4O4S/c1-27(2)21-18-16-20(17-19-21)10-4-5-11-22-23-12-6-8-14-25(23)28(3)26-15-9-7-13-24(22)26;1-5-6(2,3)4/h4-19H,1-3H3;1H3,(H,2,3,4)/q+1;/p-1. The van der Waals surface area contributed by atoms with Gasteiger partial charge in [-0.05, 0) is 29.8 Å². The molecule has 3 aromatic carbocycles.